The summed E-state index contributed by atoms with van der Waals surface area (Å²) in [5, 5.41) is 2.43. The monoisotopic (exact) mass is 389 g/mol. The van der Waals surface area contributed by atoms with Gasteiger partial charge in [-0.05, 0) is 25.1 Å². The third kappa shape index (κ3) is 4.22. The molecule has 0 saturated carbocycles. The van der Waals surface area contributed by atoms with Gasteiger partial charge in [0.25, 0.3) is 11.5 Å². The number of amides is 1. The van der Waals surface area contributed by atoms with Gasteiger partial charge in [0, 0.05) is 12.3 Å². The molecule has 1 unspecified atom stereocenters. The van der Waals surface area contributed by atoms with Gasteiger partial charge in [-0.25, -0.2) is 15.0 Å². The molecular formula is C18H14F3N5O2. The number of aromatic amines is 1. The van der Waals surface area contributed by atoms with E-state index in [-0.39, 0.29) is 11.5 Å². The summed E-state index contributed by atoms with van der Waals surface area (Å²) in [5.74, 6) is -0.852. The zero-order chi connectivity index (χ0) is 20.3. The maximum Gasteiger partial charge on any atom is 0.417 e. The van der Waals surface area contributed by atoms with Gasteiger partial charge in [-0.1, -0.05) is 12.1 Å². The van der Waals surface area contributed by atoms with Crippen LogP contribution in [0.5, 0.6) is 0 Å². The number of hydrogen-bond donors (Lipinski definition) is 2. The number of nitrogens with one attached hydrogen (secondary N) is 2. The molecule has 0 aliphatic carbocycles. The summed E-state index contributed by atoms with van der Waals surface area (Å²) in [6, 6.07) is 6.36. The van der Waals surface area contributed by atoms with Crippen LogP contribution in [0.4, 0.5) is 13.2 Å². The average molecular weight is 389 g/mol. The first kappa shape index (κ1) is 19.2. The molecule has 0 saturated heterocycles. The van der Waals surface area contributed by atoms with Gasteiger partial charge in [-0.2, -0.15) is 13.2 Å². The highest BCUT2D eigenvalue weighted by molar-refractivity contribution is 5.96. The number of rotatable bonds is 4. The zero-order valence-electron chi connectivity index (χ0n) is 14.5. The van der Waals surface area contributed by atoms with Gasteiger partial charge in [-0.15, -0.1) is 0 Å². The van der Waals surface area contributed by atoms with Crippen molar-refractivity contribution in [2.24, 2.45) is 0 Å². The van der Waals surface area contributed by atoms with E-state index in [0.29, 0.717) is 5.69 Å². The second kappa shape index (κ2) is 7.59. The van der Waals surface area contributed by atoms with Crippen LogP contribution in [0, 0.1) is 0 Å². The van der Waals surface area contributed by atoms with Crippen LogP contribution in [-0.2, 0) is 6.18 Å². The SMILES string of the molecule is CC(NC(=O)c1ccccc1C(F)(F)F)c1nc(-c2ccncn2)cc(=O)[nH]1. The van der Waals surface area contributed by atoms with E-state index in [2.05, 4.69) is 25.3 Å². The zero-order valence-corrected chi connectivity index (χ0v) is 14.5. The third-order valence-corrected chi connectivity index (χ3v) is 3.84. The molecule has 1 aromatic carbocycles. The number of halogens is 3. The minimum atomic E-state index is -4.67. The minimum absolute atomic E-state index is 0.0824. The predicted octanol–water partition coefficient (Wildman–Crippen LogP) is 2.74. The third-order valence-electron chi connectivity index (χ3n) is 3.84. The number of aromatic nitrogens is 4. The van der Waals surface area contributed by atoms with E-state index >= 15 is 0 Å². The largest absolute Gasteiger partial charge is 0.417 e. The maximum absolute atomic E-state index is 13.1. The number of carbonyl (C=O) groups excluding carboxylic acids is 1. The van der Waals surface area contributed by atoms with Crippen molar-refractivity contribution in [1.82, 2.24) is 25.3 Å². The molecule has 0 radical (unpaired) electrons. The van der Waals surface area contributed by atoms with Crippen molar-refractivity contribution in [3.05, 3.63) is 76.2 Å². The first-order valence-corrected chi connectivity index (χ1v) is 8.10. The molecule has 0 spiro atoms. The van der Waals surface area contributed by atoms with Crippen LogP contribution in [0.3, 0.4) is 0 Å². The molecule has 144 valence electrons. The Bertz CT molecular complexity index is 1050. The number of H-pyrrole nitrogens is 1. The fourth-order valence-corrected chi connectivity index (χ4v) is 2.53. The number of alkyl halides is 3. The Morgan fingerprint density at radius 2 is 1.93 bits per heavy atom. The predicted molar refractivity (Wildman–Crippen MR) is 93.2 cm³/mol. The van der Waals surface area contributed by atoms with Crippen LogP contribution in [0.2, 0.25) is 0 Å². The van der Waals surface area contributed by atoms with Crippen LogP contribution in [0.15, 0.2) is 53.7 Å². The normalized spacial score (nSPS) is 12.4. The summed E-state index contributed by atoms with van der Waals surface area (Å²) < 4.78 is 39.3. The molecule has 1 atom stereocenters. The second-order valence-corrected chi connectivity index (χ2v) is 5.85. The molecule has 1 amide bonds. The minimum Gasteiger partial charge on any atom is -0.342 e. The molecule has 2 heterocycles. The van der Waals surface area contributed by atoms with E-state index in [9.17, 15) is 22.8 Å². The summed E-state index contributed by atoms with van der Waals surface area (Å²) >= 11 is 0. The molecular weight excluding hydrogens is 375 g/mol. The first-order chi connectivity index (χ1) is 13.3. The molecule has 2 N–H and O–H groups in total. The molecule has 28 heavy (non-hydrogen) atoms. The Morgan fingerprint density at radius 3 is 2.61 bits per heavy atom. The first-order valence-electron chi connectivity index (χ1n) is 8.10. The molecule has 0 aliphatic rings. The van der Waals surface area contributed by atoms with Gasteiger partial charge in [0.1, 0.15) is 12.2 Å². The van der Waals surface area contributed by atoms with E-state index in [0.717, 1.165) is 12.1 Å². The lowest BCUT2D eigenvalue weighted by molar-refractivity contribution is -0.137. The van der Waals surface area contributed by atoms with E-state index in [1.165, 1.54) is 37.6 Å². The highest BCUT2D eigenvalue weighted by Crippen LogP contribution is 2.32. The van der Waals surface area contributed by atoms with E-state index in [4.69, 9.17) is 0 Å². The van der Waals surface area contributed by atoms with Crippen molar-refractivity contribution in [3.8, 4) is 11.4 Å². The van der Waals surface area contributed by atoms with Gasteiger partial charge < -0.3 is 10.3 Å². The van der Waals surface area contributed by atoms with Gasteiger partial charge in [0.15, 0.2) is 0 Å². The average Bonchev–Trinajstić information content (AvgIpc) is 2.67. The standard InChI is InChI=1S/C18H14F3N5O2/c1-10(24-17(28)11-4-2-3-5-12(11)18(19,20)21)16-25-14(8-15(27)26-16)13-6-7-22-9-23-13/h2-10H,1H3,(H,24,28)(H,25,26,27). The fraction of sp³-hybridized carbons (Fsp3) is 0.167. The summed E-state index contributed by atoms with van der Waals surface area (Å²) in [6.45, 7) is 1.50. The summed E-state index contributed by atoms with van der Waals surface area (Å²) in [6.07, 6.45) is -1.90. The Kier molecular flexibility index (Phi) is 5.21. The Balaban J connectivity index is 1.88. The lowest BCUT2D eigenvalue weighted by atomic mass is 10.1. The molecule has 2 aromatic heterocycles. The van der Waals surface area contributed by atoms with E-state index < -0.39 is 34.8 Å². The number of hydrogen-bond acceptors (Lipinski definition) is 5. The van der Waals surface area contributed by atoms with Crippen molar-refractivity contribution < 1.29 is 18.0 Å². The Morgan fingerprint density at radius 1 is 1.18 bits per heavy atom. The van der Waals surface area contributed by atoms with Crippen LogP contribution in [-0.4, -0.2) is 25.8 Å². The van der Waals surface area contributed by atoms with Crippen molar-refractivity contribution in [1.29, 1.82) is 0 Å². The highest BCUT2D eigenvalue weighted by atomic mass is 19.4. The lowest BCUT2D eigenvalue weighted by Crippen LogP contribution is -2.31. The number of carbonyl (C=O) groups is 1. The van der Waals surface area contributed by atoms with Crippen LogP contribution < -0.4 is 10.9 Å². The van der Waals surface area contributed by atoms with E-state index in [1.54, 1.807) is 6.07 Å². The van der Waals surface area contributed by atoms with Crippen LogP contribution >= 0.6 is 0 Å². The molecule has 10 heteroatoms. The van der Waals surface area contributed by atoms with Gasteiger partial charge in [0.05, 0.1) is 28.6 Å². The van der Waals surface area contributed by atoms with Gasteiger partial charge in [0.2, 0.25) is 0 Å². The van der Waals surface area contributed by atoms with Crippen molar-refractivity contribution in [2.75, 3.05) is 0 Å². The lowest BCUT2D eigenvalue weighted by Gasteiger charge is -2.16. The Labute approximate surface area is 156 Å². The highest BCUT2D eigenvalue weighted by Gasteiger charge is 2.35. The van der Waals surface area contributed by atoms with Crippen molar-refractivity contribution >= 4 is 5.91 Å². The number of nitrogens with zero attached hydrogens (tertiary/aromatic N) is 3. The fourth-order valence-electron chi connectivity index (χ4n) is 2.53. The smallest absolute Gasteiger partial charge is 0.342 e. The second-order valence-electron chi connectivity index (χ2n) is 5.85. The molecule has 7 nitrogen and oxygen atoms in total. The van der Waals surface area contributed by atoms with Crippen LogP contribution in [0.25, 0.3) is 11.4 Å². The molecule has 3 aromatic rings. The maximum atomic E-state index is 13.1. The quantitative estimate of drug-likeness (QED) is 0.715. The van der Waals surface area contributed by atoms with Gasteiger partial charge >= 0.3 is 6.18 Å². The molecule has 0 aliphatic heterocycles. The molecule has 0 bridgehead atoms. The van der Waals surface area contributed by atoms with E-state index in [1.807, 2.05) is 0 Å². The number of benzene rings is 1. The van der Waals surface area contributed by atoms with Crippen molar-refractivity contribution in [2.45, 2.75) is 19.1 Å². The Hall–Kier alpha value is -3.56. The van der Waals surface area contributed by atoms with Crippen molar-refractivity contribution in [3.63, 3.8) is 0 Å². The molecule has 0 fully saturated rings. The van der Waals surface area contributed by atoms with Crippen LogP contribution in [0.1, 0.15) is 34.7 Å². The summed E-state index contributed by atoms with van der Waals surface area (Å²) in [4.78, 5) is 38.8. The summed E-state index contributed by atoms with van der Waals surface area (Å²) in [5.41, 5.74) is -1.41. The summed E-state index contributed by atoms with van der Waals surface area (Å²) in [7, 11) is 0. The van der Waals surface area contributed by atoms with Gasteiger partial charge in [-0.3, -0.25) is 9.59 Å². The topological polar surface area (TPSA) is 101 Å². The molecule has 3 rings (SSSR count).